The van der Waals surface area contributed by atoms with Gasteiger partial charge in [0.1, 0.15) is 6.61 Å². The molecule has 2 aromatic carbocycles. The van der Waals surface area contributed by atoms with E-state index in [1.165, 1.54) is 7.11 Å². The zero-order valence-electron chi connectivity index (χ0n) is 16.1. The highest BCUT2D eigenvalue weighted by Gasteiger charge is 2.35. The van der Waals surface area contributed by atoms with E-state index in [0.29, 0.717) is 44.2 Å². The van der Waals surface area contributed by atoms with Crippen LogP contribution in [0.5, 0.6) is 11.5 Å². The smallest absolute Gasteiger partial charge is 0.293 e. The molecule has 0 bridgehead atoms. The molecule has 1 fully saturated rings. The van der Waals surface area contributed by atoms with Gasteiger partial charge in [0.15, 0.2) is 11.5 Å². The molecule has 0 atom stereocenters. The van der Waals surface area contributed by atoms with E-state index in [-0.39, 0.29) is 11.8 Å². The van der Waals surface area contributed by atoms with Crippen molar-refractivity contribution in [3.63, 3.8) is 0 Å². The molecule has 0 spiro atoms. The molecule has 1 aliphatic heterocycles. The number of rotatable bonds is 7. The van der Waals surface area contributed by atoms with Crippen LogP contribution in [0.2, 0.25) is 0 Å². The highest BCUT2D eigenvalue weighted by Crippen LogP contribution is 2.39. The first-order valence-electron chi connectivity index (χ1n) is 8.83. The highest BCUT2D eigenvalue weighted by atomic mass is 79.9. The van der Waals surface area contributed by atoms with Crippen LogP contribution in [0.1, 0.15) is 16.7 Å². The van der Waals surface area contributed by atoms with Crippen LogP contribution in [0.4, 0.5) is 4.79 Å². The summed E-state index contributed by atoms with van der Waals surface area (Å²) in [4.78, 5) is 26.7. The molecule has 2 amide bonds. The Morgan fingerprint density at radius 2 is 2.07 bits per heavy atom. The van der Waals surface area contributed by atoms with Crippen LogP contribution in [0.15, 0.2) is 58.4 Å². The molecule has 0 N–H and O–H groups in total. The van der Waals surface area contributed by atoms with Gasteiger partial charge in [0.25, 0.3) is 11.1 Å². The number of ether oxygens (including phenoxy) is 2. The Bertz CT molecular complexity index is 1090. The number of hydrogen-bond acceptors (Lipinski definition) is 6. The largest absolute Gasteiger partial charge is 0.493 e. The third kappa shape index (κ3) is 4.58. The lowest BCUT2D eigenvalue weighted by Gasteiger charge is -2.13. The van der Waals surface area contributed by atoms with Crippen molar-refractivity contribution in [2.75, 3.05) is 13.7 Å². The number of benzene rings is 2. The Morgan fingerprint density at radius 1 is 1.30 bits per heavy atom. The first-order chi connectivity index (χ1) is 14.5. The Hall–Kier alpha value is -3.02. The van der Waals surface area contributed by atoms with Crippen LogP contribution in [-0.4, -0.2) is 29.8 Å². The minimum Gasteiger partial charge on any atom is -0.493 e. The number of nitriles is 1. The van der Waals surface area contributed by atoms with Gasteiger partial charge in [0, 0.05) is 0 Å². The lowest BCUT2D eigenvalue weighted by Crippen LogP contribution is -2.27. The van der Waals surface area contributed by atoms with Crippen LogP contribution in [0.3, 0.4) is 0 Å². The molecule has 2 aromatic rings. The molecule has 0 aliphatic carbocycles. The second-order valence-corrected chi connectivity index (χ2v) is 8.02. The fraction of sp³-hybridized carbons (Fsp3) is 0.136. The molecular formula is C22H17BrN2O4S. The predicted molar refractivity (Wildman–Crippen MR) is 119 cm³/mol. The number of hydrogen-bond donors (Lipinski definition) is 0. The first kappa shape index (κ1) is 21.7. The lowest BCUT2D eigenvalue weighted by molar-refractivity contribution is -0.123. The van der Waals surface area contributed by atoms with Crippen molar-refractivity contribution in [2.24, 2.45) is 0 Å². The van der Waals surface area contributed by atoms with Gasteiger partial charge in [-0.05, 0) is 63.1 Å². The Kier molecular flexibility index (Phi) is 6.98. The van der Waals surface area contributed by atoms with Gasteiger partial charge in [-0.3, -0.25) is 14.5 Å². The van der Waals surface area contributed by atoms with Gasteiger partial charge in [-0.25, -0.2) is 0 Å². The van der Waals surface area contributed by atoms with Gasteiger partial charge < -0.3 is 9.47 Å². The summed E-state index contributed by atoms with van der Waals surface area (Å²) in [5, 5.41) is 8.86. The fourth-order valence-corrected chi connectivity index (χ4v) is 4.24. The number of amides is 2. The Labute approximate surface area is 186 Å². The van der Waals surface area contributed by atoms with Crippen molar-refractivity contribution < 1.29 is 19.1 Å². The normalized spacial score (nSPS) is 14.7. The van der Waals surface area contributed by atoms with Crippen molar-refractivity contribution in [1.82, 2.24) is 4.90 Å². The number of halogens is 1. The number of nitrogens with zero attached hydrogens (tertiary/aromatic N) is 2. The van der Waals surface area contributed by atoms with Crippen molar-refractivity contribution in [1.29, 1.82) is 5.26 Å². The monoisotopic (exact) mass is 484 g/mol. The van der Waals surface area contributed by atoms with Gasteiger partial charge in [-0.15, -0.1) is 0 Å². The standard InChI is InChI=1S/C22H17BrN2O4S/c1-3-8-29-20-17(23)9-14(10-18(20)28-2)11-19-21(26)25(22(27)30-19)13-16-7-5-4-6-15(16)12-24/h3-7,9-11H,1,8,13H2,2H3/b19-11+. The number of imide groups is 1. The minimum absolute atomic E-state index is 0.0487. The van der Waals surface area contributed by atoms with Crippen LogP contribution in [0, 0.1) is 11.3 Å². The minimum atomic E-state index is -0.403. The third-order valence-corrected chi connectivity index (χ3v) is 5.73. The van der Waals surface area contributed by atoms with Gasteiger partial charge in [-0.2, -0.15) is 5.26 Å². The Morgan fingerprint density at radius 3 is 2.77 bits per heavy atom. The molecule has 6 nitrogen and oxygen atoms in total. The molecule has 1 heterocycles. The first-order valence-corrected chi connectivity index (χ1v) is 10.4. The number of carbonyl (C=O) groups excluding carboxylic acids is 2. The molecule has 0 saturated carbocycles. The maximum atomic E-state index is 12.8. The lowest BCUT2D eigenvalue weighted by atomic mass is 10.1. The van der Waals surface area contributed by atoms with E-state index >= 15 is 0 Å². The van der Waals surface area contributed by atoms with Crippen molar-refractivity contribution in [3.05, 3.63) is 75.1 Å². The predicted octanol–water partition coefficient (Wildman–Crippen LogP) is 5.13. The average molecular weight is 485 g/mol. The zero-order chi connectivity index (χ0) is 21.7. The summed E-state index contributed by atoms with van der Waals surface area (Å²) in [6.07, 6.45) is 3.26. The summed E-state index contributed by atoms with van der Waals surface area (Å²) < 4.78 is 11.6. The average Bonchev–Trinajstić information content (AvgIpc) is 3.00. The van der Waals surface area contributed by atoms with E-state index in [2.05, 4.69) is 28.6 Å². The van der Waals surface area contributed by atoms with Crippen molar-refractivity contribution in [2.45, 2.75) is 6.54 Å². The topological polar surface area (TPSA) is 79.6 Å². The molecule has 3 rings (SSSR count). The third-order valence-electron chi connectivity index (χ3n) is 4.23. The summed E-state index contributed by atoms with van der Waals surface area (Å²) in [5.41, 5.74) is 1.73. The maximum Gasteiger partial charge on any atom is 0.293 e. The molecule has 0 aromatic heterocycles. The Balaban J connectivity index is 1.87. The number of methoxy groups -OCH3 is 1. The van der Waals surface area contributed by atoms with Gasteiger partial charge in [0.05, 0.1) is 34.7 Å². The molecule has 152 valence electrons. The fourth-order valence-electron chi connectivity index (χ4n) is 2.83. The van der Waals surface area contributed by atoms with Crippen molar-refractivity contribution in [3.8, 4) is 17.6 Å². The van der Waals surface area contributed by atoms with Gasteiger partial charge >= 0.3 is 0 Å². The van der Waals surface area contributed by atoms with Gasteiger partial charge in [-0.1, -0.05) is 30.9 Å². The highest BCUT2D eigenvalue weighted by molar-refractivity contribution is 9.10. The van der Waals surface area contributed by atoms with E-state index in [9.17, 15) is 14.9 Å². The molecular weight excluding hydrogens is 468 g/mol. The van der Waals surface area contributed by atoms with Crippen LogP contribution >= 0.6 is 27.7 Å². The molecule has 0 radical (unpaired) electrons. The quantitative estimate of drug-likeness (QED) is 0.400. The summed E-state index contributed by atoms with van der Waals surface area (Å²) in [7, 11) is 1.52. The van der Waals surface area contributed by atoms with E-state index in [0.717, 1.165) is 16.7 Å². The van der Waals surface area contributed by atoms with E-state index in [1.807, 2.05) is 0 Å². The molecule has 30 heavy (non-hydrogen) atoms. The van der Waals surface area contributed by atoms with Crippen LogP contribution < -0.4 is 9.47 Å². The van der Waals surface area contributed by atoms with E-state index in [1.54, 1.807) is 48.6 Å². The SMILES string of the molecule is C=CCOc1c(Br)cc(/C=C2/SC(=O)N(Cc3ccccc3C#N)C2=O)cc1OC. The second-order valence-electron chi connectivity index (χ2n) is 6.17. The summed E-state index contributed by atoms with van der Waals surface area (Å²) in [6.45, 7) is 3.99. The van der Waals surface area contributed by atoms with Crippen molar-refractivity contribution >= 4 is 44.9 Å². The molecule has 8 heteroatoms. The molecule has 0 unspecified atom stereocenters. The molecule has 1 saturated heterocycles. The number of carbonyl (C=O) groups is 2. The second kappa shape index (κ2) is 9.65. The van der Waals surface area contributed by atoms with Crippen LogP contribution in [0.25, 0.3) is 6.08 Å². The molecule has 1 aliphatic rings. The summed E-state index contributed by atoms with van der Waals surface area (Å²) in [5.74, 6) is 0.607. The number of thioether (sulfide) groups is 1. The zero-order valence-corrected chi connectivity index (χ0v) is 18.5. The van der Waals surface area contributed by atoms with Crippen LogP contribution in [-0.2, 0) is 11.3 Å². The van der Waals surface area contributed by atoms with E-state index in [4.69, 9.17) is 9.47 Å². The van der Waals surface area contributed by atoms with Gasteiger partial charge in [0.2, 0.25) is 0 Å². The summed E-state index contributed by atoms with van der Waals surface area (Å²) in [6, 6.07) is 12.5. The maximum absolute atomic E-state index is 12.8. The summed E-state index contributed by atoms with van der Waals surface area (Å²) >= 11 is 4.31. The van der Waals surface area contributed by atoms with E-state index < -0.39 is 5.91 Å².